The Morgan fingerprint density at radius 1 is 0.861 bits per heavy atom. The predicted octanol–water partition coefficient (Wildman–Crippen LogP) is 1.92. The number of fused-ring (bicyclic) bond motifs is 3. The maximum atomic E-state index is 15.1. The number of hydrogen-bond acceptors (Lipinski definition) is 12. The molecule has 3 heterocycles. The van der Waals surface area contributed by atoms with E-state index in [-0.39, 0.29) is 37.9 Å². The molecule has 2 aromatic carbocycles. The van der Waals surface area contributed by atoms with E-state index in [0.29, 0.717) is 30.4 Å². The number of cyclic esters (lactones) is 1. The normalized spacial score (nSPS) is 24.7. The average molecular weight is 1000 g/mol. The molecule has 21 heteroatoms. The van der Waals surface area contributed by atoms with Crippen LogP contribution in [0.3, 0.4) is 0 Å². The summed E-state index contributed by atoms with van der Waals surface area (Å²) in [5, 5.41) is 45.0. The van der Waals surface area contributed by atoms with E-state index >= 15 is 4.79 Å². The second-order valence-corrected chi connectivity index (χ2v) is 19.2. The second kappa shape index (κ2) is 25.4. The van der Waals surface area contributed by atoms with Crippen LogP contribution in [0.4, 0.5) is 0 Å². The molecule has 0 spiro atoms. The molecule has 0 saturated carbocycles. The van der Waals surface area contributed by atoms with Gasteiger partial charge >= 0.3 is 11.9 Å². The summed E-state index contributed by atoms with van der Waals surface area (Å²) in [5.41, 5.74) is 1.82. The number of phenolic OH excluding ortho intramolecular Hbond substituents is 1. The number of carbonyl (C=O) groups is 9. The fourth-order valence-electron chi connectivity index (χ4n) is 9.02. The van der Waals surface area contributed by atoms with E-state index in [1.807, 2.05) is 31.2 Å². The molecule has 3 aromatic rings. The molecule has 2 fully saturated rings. The zero-order chi connectivity index (χ0) is 53.0. The molecule has 392 valence electrons. The second-order valence-electron chi connectivity index (χ2n) is 19.2. The first-order valence-electron chi connectivity index (χ1n) is 24.7. The number of esters is 1. The molecule has 2 aliphatic heterocycles. The number of aliphatic carboxylic acids is 1. The molecule has 7 amide bonds. The van der Waals surface area contributed by atoms with Gasteiger partial charge in [0.2, 0.25) is 41.4 Å². The number of H-pyrrole nitrogens is 1. The van der Waals surface area contributed by atoms with Crippen LogP contribution in [0.25, 0.3) is 10.9 Å². The van der Waals surface area contributed by atoms with E-state index < -0.39 is 126 Å². The van der Waals surface area contributed by atoms with Crippen LogP contribution in [-0.2, 0) is 60.7 Å². The van der Waals surface area contributed by atoms with Gasteiger partial charge in [-0.3, -0.25) is 38.4 Å². The van der Waals surface area contributed by atoms with Crippen LogP contribution in [0.5, 0.6) is 5.75 Å². The summed E-state index contributed by atoms with van der Waals surface area (Å²) in [6.07, 6.45) is -0.525. The number of aromatic hydroxyl groups is 1. The Balaban J connectivity index is 1.63. The molecule has 2 saturated heterocycles. The first kappa shape index (κ1) is 55.9. The van der Waals surface area contributed by atoms with Crippen molar-refractivity contribution in [3.8, 4) is 5.75 Å². The van der Waals surface area contributed by atoms with Crippen molar-refractivity contribution >= 4 is 64.2 Å². The van der Waals surface area contributed by atoms with Crippen molar-refractivity contribution in [1.82, 2.24) is 41.4 Å². The lowest BCUT2D eigenvalue weighted by atomic mass is 9.91. The molecule has 21 nitrogen and oxygen atoms in total. The number of aliphatic hydroxyl groups excluding tert-OH is 1. The summed E-state index contributed by atoms with van der Waals surface area (Å²) in [6.45, 7) is 9.94. The minimum absolute atomic E-state index is 0.0172. The third-order valence-corrected chi connectivity index (χ3v) is 13.5. The van der Waals surface area contributed by atoms with E-state index in [9.17, 15) is 53.7 Å². The van der Waals surface area contributed by atoms with Crippen molar-refractivity contribution in [2.24, 2.45) is 11.8 Å². The molecule has 0 radical (unpaired) electrons. The number of aromatic nitrogens is 1. The number of aliphatic hydroxyl groups is 1. The number of piperidine rings is 1. The third-order valence-electron chi connectivity index (χ3n) is 13.5. The van der Waals surface area contributed by atoms with Crippen molar-refractivity contribution in [2.75, 3.05) is 7.05 Å². The Morgan fingerprint density at radius 3 is 2.21 bits per heavy atom. The van der Waals surface area contributed by atoms with Gasteiger partial charge in [0.15, 0.2) is 0 Å². The average Bonchev–Trinajstić information content (AvgIpc) is 3.75. The van der Waals surface area contributed by atoms with E-state index in [4.69, 9.17) is 4.74 Å². The fraction of sp³-hybridized carbons (Fsp3) is 0.549. The lowest BCUT2D eigenvalue weighted by Gasteiger charge is -2.44. The molecular weight excluding hydrogens is 933 g/mol. The highest BCUT2D eigenvalue weighted by atomic mass is 16.5. The highest BCUT2D eigenvalue weighted by Crippen LogP contribution is 2.29. The van der Waals surface area contributed by atoms with Gasteiger partial charge in [-0.15, -0.1) is 0 Å². The summed E-state index contributed by atoms with van der Waals surface area (Å²) in [5.74, 6) is -9.97. The van der Waals surface area contributed by atoms with Gasteiger partial charge in [0, 0.05) is 43.4 Å². The topological polar surface area (TPSA) is 306 Å². The number of ether oxygens (including phenoxy) is 1. The molecule has 2 aliphatic rings. The Hall–Kier alpha value is -7.03. The van der Waals surface area contributed by atoms with Crippen molar-refractivity contribution in [3.05, 3.63) is 65.9 Å². The Morgan fingerprint density at radius 2 is 1.56 bits per heavy atom. The number of likely N-dealkylation sites (N-methyl/N-ethyl adjacent to an activating group) is 1. The number of nitrogens with zero attached hydrogens (tertiary/aromatic N) is 2. The maximum Gasteiger partial charge on any atom is 0.329 e. The van der Waals surface area contributed by atoms with Crippen molar-refractivity contribution in [1.29, 1.82) is 0 Å². The van der Waals surface area contributed by atoms with Gasteiger partial charge in [0.05, 0.1) is 6.42 Å². The summed E-state index contributed by atoms with van der Waals surface area (Å²) in [6, 6.07) is 2.40. The zero-order valence-electron chi connectivity index (χ0n) is 41.9. The summed E-state index contributed by atoms with van der Waals surface area (Å²) in [4.78, 5) is 133. The molecule has 5 rings (SSSR count). The van der Waals surface area contributed by atoms with Crippen molar-refractivity contribution in [2.45, 2.75) is 160 Å². The zero-order valence-corrected chi connectivity index (χ0v) is 41.9. The van der Waals surface area contributed by atoms with Crippen LogP contribution in [-0.4, -0.2) is 145 Å². The SMILES string of the molecule is CCCCCC(=O)N[C@@H](CC(=O)O)C(=O)N[C@@H]1C(=O)N[C@@H](Cc2ccc(O)cc2)C(=O)N[C@H]2CC[C@@H](O)N(C2=O)[C@H]([C@@H](C)CC)C(=O)N(C)[C@@H](Cc2c[nH]c3ccccc23)C(=O)N[C@@H](C(C)C)C(=O)O[C@H]1C. The number of nitrogens with one attached hydrogen (secondary N) is 6. The number of rotatable bonds is 16. The molecule has 0 aliphatic carbocycles. The van der Waals surface area contributed by atoms with Crippen LogP contribution < -0.4 is 26.6 Å². The molecule has 0 unspecified atom stereocenters. The third kappa shape index (κ3) is 14.1. The lowest BCUT2D eigenvalue weighted by molar-refractivity contribution is -0.168. The number of hydrogen-bond donors (Lipinski definition) is 9. The van der Waals surface area contributed by atoms with Crippen molar-refractivity contribution < 1.29 is 63.2 Å². The molecule has 1 aromatic heterocycles. The Bertz CT molecular complexity index is 2440. The molecule has 10 atom stereocenters. The largest absolute Gasteiger partial charge is 0.508 e. The van der Waals surface area contributed by atoms with E-state index in [2.05, 4.69) is 31.6 Å². The highest BCUT2D eigenvalue weighted by Gasteiger charge is 2.47. The number of aromatic amines is 1. The Kier molecular flexibility index (Phi) is 19.7. The number of carboxylic acid groups (broad SMARTS) is 1. The number of phenols is 1. The number of benzene rings is 2. The summed E-state index contributed by atoms with van der Waals surface area (Å²) < 4.78 is 5.89. The number of carboxylic acids is 1. The smallest absolute Gasteiger partial charge is 0.329 e. The van der Waals surface area contributed by atoms with Crippen LogP contribution >= 0.6 is 0 Å². The molecule has 2 bridgehead atoms. The number of unbranched alkanes of at least 4 members (excludes halogenated alkanes) is 2. The lowest BCUT2D eigenvalue weighted by Crippen LogP contribution is -2.66. The minimum atomic E-state index is -1.88. The number of para-hydroxylation sites is 1. The van der Waals surface area contributed by atoms with E-state index in [0.717, 1.165) is 22.2 Å². The minimum Gasteiger partial charge on any atom is -0.508 e. The standard InChI is InChI=1S/C51H70N8O13/c1-8-10-11-16-39(61)53-37(25-41(63)64)46(66)57-43-29(6)72-51(71)42(27(3)4)56-47(67)38(24-31-26-52-34-15-13-12-14-33(31)34)58(7)50(70)44(28(5)9-2)59-40(62)22-21-35(49(59)69)54-45(65)36(55-48(43)68)23-30-17-19-32(60)20-18-30/h12-15,17-20,26-29,35-38,40,42-44,52,60,62H,8-11,16,21-25H2,1-7H3,(H,53,61)(H,54,65)(H,55,68)(H,56,67)(H,57,66)(H,63,64)/t28-,29-,35-,36-,37-,38-,40+,42-,43-,44+/m0/s1. The monoisotopic (exact) mass is 1000 g/mol. The van der Waals surface area contributed by atoms with Gasteiger partial charge in [0.25, 0.3) is 0 Å². The first-order valence-corrected chi connectivity index (χ1v) is 24.7. The van der Waals surface area contributed by atoms with E-state index in [1.54, 1.807) is 33.9 Å². The molecule has 9 N–H and O–H groups in total. The van der Waals surface area contributed by atoms with Gasteiger partial charge in [-0.25, -0.2) is 4.79 Å². The van der Waals surface area contributed by atoms with Crippen LogP contribution in [0.1, 0.15) is 104 Å². The van der Waals surface area contributed by atoms with Crippen LogP contribution in [0, 0.1) is 11.8 Å². The van der Waals surface area contributed by atoms with Crippen LogP contribution in [0.2, 0.25) is 0 Å². The van der Waals surface area contributed by atoms with Gasteiger partial charge in [-0.05, 0) is 67.3 Å². The molecule has 72 heavy (non-hydrogen) atoms. The van der Waals surface area contributed by atoms with Gasteiger partial charge < -0.3 is 61.4 Å². The van der Waals surface area contributed by atoms with Gasteiger partial charge in [-0.2, -0.15) is 0 Å². The van der Waals surface area contributed by atoms with Gasteiger partial charge in [0.1, 0.15) is 60.4 Å². The van der Waals surface area contributed by atoms with E-state index in [1.165, 1.54) is 43.1 Å². The quantitative estimate of drug-likeness (QED) is 0.0733. The van der Waals surface area contributed by atoms with Crippen molar-refractivity contribution in [3.63, 3.8) is 0 Å². The predicted molar refractivity (Wildman–Crippen MR) is 262 cm³/mol. The summed E-state index contributed by atoms with van der Waals surface area (Å²) >= 11 is 0. The van der Waals surface area contributed by atoms with Crippen LogP contribution in [0.15, 0.2) is 54.7 Å². The first-order chi connectivity index (χ1) is 34.1. The number of amides is 7. The fourth-order valence-corrected chi connectivity index (χ4v) is 9.02. The molecular formula is C51H70N8O13. The maximum absolute atomic E-state index is 15.1. The Labute approximate surface area is 418 Å². The summed E-state index contributed by atoms with van der Waals surface area (Å²) in [7, 11) is 1.40. The highest BCUT2D eigenvalue weighted by molar-refractivity contribution is 5.99. The van der Waals surface area contributed by atoms with Gasteiger partial charge in [-0.1, -0.05) is 84.2 Å². The number of carbonyl (C=O) groups excluding carboxylic acids is 8.